The number of benzene rings is 1. The van der Waals surface area contributed by atoms with Crippen LogP contribution in [-0.2, 0) is 0 Å². The van der Waals surface area contributed by atoms with Gasteiger partial charge in [-0.15, -0.1) is 0 Å². The van der Waals surface area contributed by atoms with Crippen LogP contribution in [0.15, 0.2) is 42.9 Å². The topological polar surface area (TPSA) is 30.2 Å². The van der Waals surface area contributed by atoms with E-state index in [1.807, 2.05) is 0 Å². The molecule has 17 heavy (non-hydrogen) atoms. The van der Waals surface area contributed by atoms with Gasteiger partial charge in [0.2, 0.25) is 0 Å². The van der Waals surface area contributed by atoms with Gasteiger partial charge in [0.05, 0.1) is 5.56 Å². The molecule has 3 nitrogen and oxygen atoms in total. The van der Waals surface area contributed by atoms with Crippen molar-refractivity contribution >= 4 is 5.65 Å². The van der Waals surface area contributed by atoms with E-state index in [0.717, 1.165) is 0 Å². The normalized spacial score (nSPS) is 10.9. The molecule has 0 radical (unpaired) electrons. The summed E-state index contributed by atoms with van der Waals surface area (Å²) in [6, 6.07) is 5.32. The van der Waals surface area contributed by atoms with Crippen molar-refractivity contribution < 1.29 is 8.78 Å². The number of hydrogen-bond acceptors (Lipinski definition) is 2. The van der Waals surface area contributed by atoms with Gasteiger partial charge < -0.3 is 0 Å². The van der Waals surface area contributed by atoms with E-state index in [1.54, 1.807) is 12.3 Å². The molecule has 0 bridgehead atoms. The molecule has 0 saturated carbocycles. The minimum Gasteiger partial charge on any atom is -0.235 e. The van der Waals surface area contributed by atoms with Gasteiger partial charge in [-0.25, -0.2) is 18.3 Å². The van der Waals surface area contributed by atoms with E-state index in [4.69, 9.17) is 0 Å². The van der Waals surface area contributed by atoms with Crippen molar-refractivity contribution in [3.8, 4) is 11.1 Å². The third-order valence-corrected chi connectivity index (χ3v) is 2.53. The molecule has 0 fully saturated rings. The van der Waals surface area contributed by atoms with Crippen LogP contribution in [-0.4, -0.2) is 14.6 Å². The first-order chi connectivity index (χ1) is 8.27. The van der Waals surface area contributed by atoms with Gasteiger partial charge in [0.1, 0.15) is 11.6 Å². The first kappa shape index (κ1) is 9.89. The summed E-state index contributed by atoms with van der Waals surface area (Å²) in [6.45, 7) is 0. The molecule has 5 heteroatoms. The summed E-state index contributed by atoms with van der Waals surface area (Å²) in [5.41, 5.74) is 0.739. The van der Waals surface area contributed by atoms with E-state index in [-0.39, 0.29) is 5.56 Å². The van der Waals surface area contributed by atoms with Gasteiger partial charge in [-0.1, -0.05) is 6.07 Å². The second kappa shape index (κ2) is 3.62. The molecule has 84 valence electrons. The Morgan fingerprint density at radius 2 is 1.76 bits per heavy atom. The quantitative estimate of drug-likeness (QED) is 0.644. The smallest absolute Gasteiger partial charge is 0.161 e. The van der Waals surface area contributed by atoms with Crippen LogP contribution in [0.3, 0.4) is 0 Å². The Labute approximate surface area is 95.3 Å². The Balaban J connectivity index is 2.38. The number of rotatable bonds is 1. The fourth-order valence-corrected chi connectivity index (χ4v) is 1.79. The lowest BCUT2D eigenvalue weighted by Crippen LogP contribution is -1.96. The molecule has 2 heterocycles. The van der Waals surface area contributed by atoms with Crippen molar-refractivity contribution in [1.82, 2.24) is 14.6 Å². The highest BCUT2D eigenvalue weighted by molar-refractivity contribution is 5.77. The second-order valence-corrected chi connectivity index (χ2v) is 3.54. The van der Waals surface area contributed by atoms with Crippen LogP contribution in [0.1, 0.15) is 0 Å². The molecule has 0 aliphatic carbocycles. The highest BCUT2D eigenvalue weighted by atomic mass is 19.1. The maximum Gasteiger partial charge on any atom is 0.161 e. The van der Waals surface area contributed by atoms with E-state index >= 15 is 0 Å². The van der Waals surface area contributed by atoms with Crippen LogP contribution in [0.5, 0.6) is 0 Å². The highest BCUT2D eigenvalue weighted by Gasteiger charge is 2.14. The van der Waals surface area contributed by atoms with Gasteiger partial charge in [-0.05, 0) is 18.2 Å². The van der Waals surface area contributed by atoms with Crippen LogP contribution >= 0.6 is 0 Å². The SMILES string of the molecule is Fc1cccc(F)c1-c1ccnn2ccnc12. The first-order valence-electron chi connectivity index (χ1n) is 5.00. The Hall–Kier alpha value is -2.30. The number of aromatic nitrogens is 3. The monoisotopic (exact) mass is 231 g/mol. The van der Waals surface area contributed by atoms with E-state index in [9.17, 15) is 8.78 Å². The largest absolute Gasteiger partial charge is 0.235 e. The van der Waals surface area contributed by atoms with Crippen molar-refractivity contribution in [2.75, 3.05) is 0 Å². The average molecular weight is 231 g/mol. The van der Waals surface area contributed by atoms with Crippen molar-refractivity contribution in [2.45, 2.75) is 0 Å². The summed E-state index contributed by atoms with van der Waals surface area (Å²) in [4.78, 5) is 4.04. The molecule has 0 aliphatic rings. The van der Waals surface area contributed by atoms with Gasteiger partial charge in [-0.3, -0.25) is 0 Å². The molecule has 0 N–H and O–H groups in total. The maximum atomic E-state index is 13.7. The number of nitrogens with zero attached hydrogens (tertiary/aromatic N) is 3. The number of fused-ring (bicyclic) bond motifs is 1. The molecule has 0 atom stereocenters. The molecular weight excluding hydrogens is 224 g/mol. The van der Waals surface area contributed by atoms with Crippen LogP contribution in [0, 0.1) is 11.6 Å². The Morgan fingerprint density at radius 1 is 1.00 bits per heavy atom. The number of hydrogen-bond donors (Lipinski definition) is 0. The van der Waals surface area contributed by atoms with E-state index in [2.05, 4.69) is 10.1 Å². The van der Waals surface area contributed by atoms with Gasteiger partial charge in [-0.2, -0.15) is 5.10 Å². The standard InChI is InChI=1S/C12H7F2N3/c13-9-2-1-3-10(14)11(9)8-4-5-16-17-7-6-15-12(8)17/h1-7H. The van der Waals surface area contributed by atoms with Gasteiger partial charge >= 0.3 is 0 Å². The van der Waals surface area contributed by atoms with Crippen molar-refractivity contribution in [3.05, 3.63) is 54.5 Å². The van der Waals surface area contributed by atoms with Crippen LogP contribution in [0.25, 0.3) is 16.8 Å². The molecular formula is C12H7F2N3. The Kier molecular flexibility index (Phi) is 2.11. The zero-order chi connectivity index (χ0) is 11.8. The summed E-state index contributed by atoms with van der Waals surface area (Å²) in [6.07, 6.45) is 4.64. The third kappa shape index (κ3) is 1.47. The lowest BCUT2D eigenvalue weighted by molar-refractivity contribution is 0.589. The zero-order valence-electron chi connectivity index (χ0n) is 8.64. The fourth-order valence-electron chi connectivity index (χ4n) is 1.79. The second-order valence-electron chi connectivity index (χ2n) is 3.54. The fraction of sp³-hybridized carbons (Fsp3) is 0. The average Bonchev–Trinajstić information content (AvgIpc) is 2.77. The maximum absolute atomic E-state index is 13.7. The third-order valence-electron chi connectivity index (χ3n) is 2.53. The van der Waals surface area contributed by atoms with Crippen molar-refractivity contribution in [1.29, 1.82) is 0 Å². The minimum atomic E-state index is -0.610. The Bertz CT molecular complexity index is 671. The van der Waals surface area contributed by atoms with Crippen LogP contribution < -0.4 is 0 Å². The predicted octanol–water partition coefficient (Wildman–Crippen LogP) is 2.67. The lowest BCUT2D eigenvalue weighted by atomic mass is 10.1. The summed E-state index contributed by atoms with van der Waals surface area (Å²) in [5, 5.41) is 4.00. The highest BCUT2D eigenvalue weighted by Crippen LogP contribution is 2.28. The lowest BCUT2D eigenvalue weighted by Gasteiger charge is -2.05. The van der Waals surface area contributed by atoms with Crippen molar-refractivity contribution in [2.24, 2.45) is 0 Å². The summed E-state index contributed by atoms with van der Waals surface area (Å²) in [7, 11) is 0. The number of halogens is 2. The zero-order valence-corrected chi connectivity index (χ0v) is 8.64. The van der Waals surface area contributed by atoms with Gasteiger partial charge in [0, 0.05) is 24.2 Å². The van der Waals surface area contributed by atoms with Crippen molar-refractivity contribution in [3.63, 3.8) is 0 Å². The van der Waals surface area contributed by atoms with E-state index in [1.165, 1.54) is 35.1 Å². The van der Waals surface area contributed by atoms with E-state index < -0.39 is 11.6 Å². The molecule has 0 spiro atoms. The molecule has 3 rings (SSSR count). The number of imidazole rings is 1. The first-order valence-corrected chi connectivity index (χ1v) is 5.00. The summed E-state index contributed by atoms with van der Waals surface area (Å²) < 4.78 is 28.8. The molecule has 0 saturated heterocycles. The molecule has 0 unspecified atom stereocenters. The minimum absolute atomic E-state index is 0.0777. The van der Waals surface area contributed by atoms with Gasteiger partial charge in [0.15, 0.2) is 5.65 Å². The summed E-state index contributed by atoms with van der Waals surface area (Å²) >= 11 is 0. The Morgan fingerprint density at radius 3 is 2.53 bits per heavy atom. The molecule has 3 aromatic rings. The van der Waals surface area contributed by atoms with Crippen LogP contribution in [0.2, 0.25) is 0 Å². The van der Waals surface area contributed by atoms with Gasteiger partial charge in [0.25, 0.3) is 0 Å². The predicted molar refractivity (Wildman–Crippen MR) is 58.3 cm³/mol. The van der Waals surface area contributed by atoms with Crippen LogP contribution in [0.4, 0.5) is 8.78 Å². The molecule has 2 aromatic heterocycles. The summed E-state index contributed by atoms with van der Waals surface area (Å²) in [5.74, 6) is -1.22. The molecule has 1 aromatic carbocycles. The molecule has 0 aliphatic heterocycles. The van der Waals surface area contributed by atoms with E-state index in [0.29, 0.717) is 11.2 Å². The molecule has 0 amide bonds.